The average molecular weight is 535 g/mol. The molecule has 0 radical (unpaired) electrons. The number of β-amino-alcohol motifs (C(OH)–C–C–N with tert-alkyl or cyclic N) is 1. The van der Waals surface area contributed by atoms with Crippen LogP contribution in [-0.4, -0.2) is 61.5 Å². The van der Waals surface area contributed by atoms with E-state index < -0.39 is 18.2 Å². The highest BCUT2D eigenvalue weighted by atomic mass is 32.1. The Hall–Kier alpha value is -3.27. The number of aryl methyl sites for hydroxylation is 1. The number of aromatic nitrogens is 1. The van der Waals surface area contributed by atoms with Crippen LogP contribution in [0.1, 0.15) is 42.7 Å². The highest BCUT2D eigenvalue weighted by molar-refractivity contribution is 7.13. The van der Waals surface area contributed by atoms with Gasteiger partial charge in [-0.3, -0.25) is 14.5 Å². The van der Waals surface area contributed by atoms with E-state index in [0.717, 1.165) is 16.1 Å². The van der Waals surface area contributed by atoms with Gasteiger partial charge in [0, 0.05) is 38.2 Å². The molecule has 1 aromatic heterocycles. The predicted octanol–water partition coefficient (Wildman–Crippen LogP) is 3.44. The number of hydrogen-bond donors (Lipinski definition) is 3. The van der Waals surface area contributed by atoms with Crippen LogP contribution in [0.25, 0.3) is 10.4 Å². The summed E-state index contributed by atoms with van der Waals surface area (Å²) >= 11 is 1.51. The number of amides is 2. The number of thiazole rings is 1. The van der Waals surface area contributed by atoms with Gasteiger partial charge < -0.3 is 20.4 Å². The molecule has 3 N–H and O–H groups in total. The number of rotatable bonds is 7. The SMILES string of the molecule is Cc1ncsc1-c1ccc(CNC(=O)[C@@H]2C[C@@H](O)CN2C(=O)[C@H](C(C)C)N2Cc3ccccc3C2)c(O)c1. The molecule has 9 heteroatoms. The Balaban J connectivity index is 1.27. The molecular weight excluding hydrogens is 500 g/mol. The van der Waals surface area contributed by atoms with Crippen LogP contribution in [0.5, 0.6) is 5.75 Å². The molecule has 3 heterocycles. The van der Waals surface area contributed by atoms with Crippen molar-refractivity contribution in [3.63, 3.8) is 0 Å². The number of phenols is 1. The minimum Gasteiger partial charge on any atom is -0.508 e. The molecule has 3 atom stereocenters. The Morgan fingerprint density at radius 2 is 1.87 bits per heavy atom. The Morgan fingerprint density at radius 1 is 1.16 bits per heavy atom. The summed E-state index contributed by atoms with van der Waals surface area (Å²) in [7, 11) is 0. The zero-order chi connectivity index (χ0) is 27.0. The number of fused-ring (bicyclic) bond motifs is 1. The van der Waals surface area contributed by atoms with Crippen LogP contribution < -0.4 is 5.32 Å². The second kappa shape index (κ2) is 10.8. The normalized spacial score (nSPS) is 20.1. The van der Waals surface area contributed by atoms with Crippen molar-refractivity contribution in [3.8, 4) is 16.2 Å². The van der Waals surface area contributed by atoms with Crippen LogP contribution in [0.3, 0.4) is 0 Å². The fourth-order valence-corrected chi connectivity index (χ4v) is 6.43. The van der Waals surface area contributed by atoms with E-state index in [1.54, 1.807) is 22.5 Å². The summed E-state index contributed by atoms with van der Waals surface area (Å²) < 4.78 is 0. The third-order valence-electron chi connectivity index (χ3n) is 7.55. The van der Waals surface area contributed by atoms with Gasteiger partial charge in [-0.15, -0.1) is 11.3 Å². The summed E-state index contributed by atoms with van der Waals surface area (Å²) in [6, 6.07) is 12.4. The molecule has 1 saturated heterocycles. The van der Waals surface area contributed by atoms with Gasteiger partial charge in [-0.05, 0) is 35.6 Å². The lowest BCUT2D eigenvalue weighted by atomic mass is 10.0. The first-order chi connectivity index (χ1) is 18.2. The van der Waals surface area contributed by atoms with Crippen molar-refractivity contribution in [1.82, 2.24) is 20.1 Å². The molecular formula is C29H34N4O4S. The predicted molar refractivity (Wildman–Crippen MR) is 146 cm³/mol. The topological polar surface area (TPSA) is 106 Å². The summed E-state index contributed by atoms with van der Waals surface area (Å²) in [6.07, 6.45) is -0.563. The summed E-state index contributed by atoms with van der Waals surface area (Å²) in [5.74, 6) is -0.333. The molecule has 0 saturated carbocycles. The van der Waals surface area contributed by atoms with Crippen LogP contribution >= 0.6 is 11.3 Å². The van der Waals surface area contributed by atoms with Crippen molar-refractivity contribution in [1.29, 1.82) is 0 Å². The number of phenolic OH excluding ortho intramolecular Hbond substituents is 1. The van der Waals surface area contributed by atoms with E-state index in [4.69, 9.17) is 0 Å². The molecule has 8 nitrogen and oxygen atoms in total. The molecule has 2 aliphatic heterocycles. The van der Waals surface area contributed by atoms with Gasteiger partial charge in [0.25, 0.3) is 0 Å². The number of aliphatic hydroxyl groups is 1. The molecule has 1 fully saturated rings. The lowest BCUT2D eigenvalue weighted by Crippen LogP contribution is -2.54. The van der Waals surface area contributed by atoms with Crippen LogP contribution in [0.2, 0.25) is 0 Å². The van der Waals surface area contributed by atoms with Crippen molar-refractivity contribution >= 4 is 23.2 Å². The molecule has 3 aromatic rings. The fraction of sp³-hybridized carbons (Fsp3) is 0.414. The Morgan fingerprint density at radius 3 is 2.47 bits per heavy atom. The van der Waals surface area contributed by atoms with Crippen molar-refractivity contribution < 1.29 is 19.8 Å². The average Bonchev–Trinajstić information content (AvgIpc) is 3.60. The Kier molecular flexibility index (Phi) is 7.52. The van der Waals surface area contributed by atoms with Gasteiger partial charge in [0.05, 0.1) is 28.2 Å². The van der Waals surface area contributed by atoms with E-state index >= 15 is 0 Å². The van der Waals surface area contributed by atoms with E-state index in [0.29, 0.717) is 18.7 Å². The van der Waals surface area contributed by atoms with Crippen LogP contribution in [0.4, 0.5) is 0 Å². The first-order valence-electron chi connectivity index (χ1n) is 13.0. The van der Waals surface area contributed by atoms with E-state index in [-0.39, 0.29) is 43.0 Å². The smallest absolute Gasteiger partial charge is 0.243 e. The van der Waals surface area contributed by atoms with Gasteiger partial charge in [0.2, 0.25) is 11.8 Å². The highest BCUT2D eigenvalue weighted by Crippen LogP contribution is 2.32. The highest BCUT2D eigenvalue weighted by Gasteiger charge is 2.44. The van der Waals surface area contributed by atoms with Gasteiger partial charge in [0.15, 0.2) is 0 Å². The van der Waals surface area contributed by atoms with E-state index in [9.17, 15) is 19.8 Å². The number of hydrogen-bond acceptors (Lipinski definition) is 7. The standard InChI is InChI=1S/C29H34N4O4S/c1-17(2)26(32-13-21-6-4-5-7-22(21)14-32)29(37)33-15-23(34)11-24(33)28(36)30-12-20-9-8-19(10-25(20)35)27-18(3)31-16-38-27/h4-10,16-17,23-24,26,34-35H,11-15H2,1-3H3,(H,30,36)/t23-,24+,26+/m1/s1. The van der Waals surface area contributed by atoms with Crippen LogP contribution in [0, 0.1) is 12.8 Å². The van der Waals surface area contributed by atoms with Gasteiger partial charge in [0.1, 0.15) is 11.8 Å². The largest absolute Gasteiger partial charge is 0.508 e. The van der Waals surface area contributed by atoms with E-state index in [1.807, 2.05) is 39.0 Å². The quantitative estimate of drug-likeness (QED) is 0.429. The molecule has 2 amide bonds. The maximum Gasteiger partial charge on any atom is 0.243 e. The number of nitrogens with zero attached hydrogens (tertiary/aromatic N) is 3. The third-order valence-corrected chi connectivity index (χ3v) is 8.53. The molecule has 0 spiro atoms. The lowest BCUT2D eigenvalue weighted by Gasteiger charge is -2.35. The molecule has 2 aliphatic rings. The van der Waals surface area contributed by atoms with Gasteiger partial charge in [-0.25, -0.2) is 4.98 Å². The molecule has 0 aliphatic carbocycles. The first kappa shape index (κ1) is 26.3. The lowest BCUT2D eigenvalue weighted by molar-refractivity contribution is -0.144. The minimum atomic E-state index is -0.759. The zero-order valence-corrected chi connectivity index (χ0v) is 22.7. The van der Waals surface area contributed by atoms with Crippen molar-refractivity contribution in [2.45, 2.75) is 65.0 Å². The monoisotopic (exact) mass is 534 g/mol. The van der Waals surface area contributed by atoms with E-state index in [2.05, 4.69) is 27.3 Å². The van der Waals surface area contributed by atoms with Gasteiger partial charge in [-0.1, -0.05) is 50.2 Å². The molecule has 0 unspecified atom stereocenters. The second-order valence-electron chi connectivity index (χ2n) is 10.6. The molecule has 2 aromatic carbocycles. The van der Waals surface area contributed by atoms with Crippen molar-refractivity contribution in [2.24, 2.45) is 5.92 Å². The van der Waals surface area contributed by atoms with Gasteiger partial charge in [-0.2, -0.15) is 0 Å². The summed E-state index contributed by atoms with van der Waals surface area (Å²) in [5, 5.41) is 23.9. The number of likely N-dealkylation sites (tertiary alicyclic amines) is 1. The fourth-order valence-electron chi connectivity index (χ4n) is 5.63. The molecule has 0 bridgehead atoms. The van der Waals surface area contributed by atoms with E-state index in [1.165, 1.54) is 22.5 Å². The number of carbonyl (C=O) groups is 2. The Bertz CT molecular complexity index is 1310. The second-order valence-corrected chi connectivity index (χ2v) is 11.4. The Labute approximate surface area is 226 Å². The number of nitrogens with one attached hydrogen (secondary N) is 1. The van der Waals surface area contributed by atoms with Crippen molar-refractivity contribution in [3.05, 3.63) is 70.4 Å². The molecule has 5 rings (SSSR count). The zero-order valence-electron chi connectivity index (χ0n) is 21.9. The van der Waals surface area contributed by atoms with Gasteiger partial charge >= 0.3 is 0 Å². The number of carbonyl (C=O) groups excluding carboxylic acids is 2. The summed E-state index contributed by atoms with van der Waals surface area (Å²) in [4.78, 5) is 36.1. The van der Waals surface area contributed by atoms with Crippen LogP contribution in [0.15, 0.2) is 48.0 Å². The number of aromatic hydroxyl groups is 1. The molecule has 200 valence electrons. The minimum absolute atomic E-state index is 0.0379. The first-order valence-corrected chi connectivity index (χ1v) is 13.9. The molecule has 38 heavy (non-hydrogen) atoms. The maximum atomic E-state index is 13.8. The van der Waals surface area contributed by atoms with Crippen molar-refractivity contribution in [2.75, 3.05) is 6.54 Å². The van der Waals surface area contributed by atoms with Crippen LogP contribution in [-0.2, 0) is 29.2 Å². The summed E-state index contributed by atoms with van der Waals surface area (Å²) in [6.45, 7) is 7.60. The third kappa shape index (κ3) is 5.18. The number of benzene rings is 2. The summed E-state index contributed by atoms with van der Waals surface area (Å²) in [5.41, 5.74) is 6.56. The number of aliphatic hydroxyl groups excluding tert-OH is 1. The maximum absolute atomic E-state index is 13.8.